The number of nitrogens with one attached hydrogen (secondary N) is 3. The summed E-state index contributed by atoms with van der Waals surface area (Å²) >= 11 is 0. The molecule has 33 heavy (non-hydrogen) atoms. The smallest absolute Gasteiger partial charge is 0.270 e. The van der Waals surface area contributed by atoms with Crippen molar-refractivity contribution in [3.05, 3.63) is 53.6 Å². The molecule has 1 aromatic carbocycles. The fraction of sp³-hybridized carbons (Fsp3) is 0.440. The molecule has 0 radical (unpaired) electrons. The van der Waals surface area contributed by atoms with Gasteiger partial charge in [-0.2, -0.15) is 10.2 Å². The standard InChI is InChI=1S/C25H34N6O2/c1-7-18(8-2)23(28-24(32)21-13-14-26-31(21)15(3)4)25(33)27-20-11-9-19(10-12-20)22-16(5)29-30-17(22)6/h9-15,18,23H,7-8H2,1-6H3,(H,27,33)(H,28,32)(H,29,30)/t23-/m0/s1. The van der Waals surface area contributed by atoms with Crippen molar-refractivity contribution in [3.63, 3.8) is 0 Å². The van der Waals surface area contributed by atoms with Crippen molar-refractivity contribution in [3.8, 4) is 11.1 Å². The number of anilines is 1. The van der Waals surface area contributed by atoms with Crippen molar-refractivity contribution in [2.45, 2.75) is 66.5 Å². The summed E-state index contributed by atoms with van der Waals surface area (Å²) in [5.74, 6) is -0.509. The maximum absolute atomic E-state index is 13.3. The van der Waals surface area contributed by atoms with Crippen LogP contribution in [0.15, 0.2) is 36.5 Å². The molecule has 8 heteroatoms. The summed E-state index contributed by atoms with van der Waals surface area (Å²) in [6, 6.07) is 8.75. The van der Waals surface area contributed by atoms with Crippen LogP contribution in [0, 0.1) is 19.8 Å². The Morgan fingerprint density at radius 3 is 2.27 bits per heavy atom. The molecule has 0 aliphatic rings. The number of aromatic nitrogens is 4. The summed E-state index contributed by atoms with van der Waals surface area (Å²) in [5, 5.41) is 17.4. The van der Waals surface area contributed by atoms with Gasteiger partial charge < -0.3 is 10.6 Å². The van der Waals surface area contributed by atoms with E-state index < -0.39 is 6.04 Å². The number of amides is 2. The van der Waals surface area contributed by atoms with Crippen LogP contribution in [0.25, 0.3) is 11.1 Å². The van der Waals surface area contributed by atoms with Crippen LogP contribution >= 0.6 is 0 Å². The van der Waals surface area contributed by atoms with Gasteiger partial charge in [-0.3, -0.25) is 19.4 Å². The van der Waals surface area contributed by atoms with E-state index in [1.165, 1.54) is 0 Å². The lowest BCUT2D eigenvalue weighted by Gasteiger charge is -2.26. The SMILES string of the molecule is CCC(CC)[C@H](NC(=O)c1ccnn1C(C)C)C(=O)Nc1ccc(-c2c(C)n[nH]c2C)cc1. The van der Waals surface area contributed by atoms with Gasteiger partial charge in [0.1, 0.15) is 11.7 Å². The summed E-state index contributed by atoms with van der Waals surface area (Å²) in [4.78, 5) is 26.3. The van der Waals surface area contributed by atoms with Gasteiger partial charge in [0.15, 0.2) is 0 Å². The second-order valence-electron chi connectivity index (χ2n) is 8.66. The molecule has 8 nitrogen and oxygen atoms in total. The van der Waals surface area contributed by atoms with Gasteiger partial charge in [0.25, 0.3) is 5.91 Å². The molecule has 0 aliphatic carbocycles. The van der Waals surface area contributed by atoms with E-state index in [4.69, 9.17) is 0 Å². The normalized spacial score (nSPS) is 12.2. The highest BCUT2D eigenvalue weighted by atomic mass is 16.2. The molecule has 3 rings (SSSR count). The van der Waals surface area contributed by atoms with Crippen molar-refractivity contribution in [2.75, 3.05) is 5.32 Å². The van der Waals surface area contributed by atoms with Crippen LogP contribution < -0.4 is 10.6 Å². The Labute approximate surface area is 195 Å². The average Bonchev–Trinajstić information content (AvgIpc) is 3.41. The Kier molecular flexibility index (Phi) is 7.68. The third kappa shape index (κ3) is 5.32. The summed E-state index contributed by atoms with van der Waals surface area (Å²) in [6.45, 7) is 11.9. The van der Waals surface area contributed by atoms with Gasteiger partial charge in [-0.1, -0.05) is 38.8 Å². The zero-order chi connectivity index (χ0) is 24.1. The molecular formula is C25H34N6O2. The minimum absolute atomic E-state index is 0.0138. The molecule has 176 valence electrons. The van der Waals surface area contributed by atoms with Crippen molar-refractivity contribution >= 4 is 17.5 Å². The molecular weight excluding hydrogens is 416 g/mol. The summed E-state index contributed by atoms with van der Waals surface area (Å²) in [7, 11) is 0. The zero-order valence-electron chi connectivity index (χ0n) is 20.3. The second kappa shape index (κ2) is 10.5. The van der Waals surface area contributed by atoms with E-state index in [9.17, 15) is 9.59 Å². The van der Waals surface area contributed by atoms with Crippen molar-refractivity contribution in [1.82, 2.24) is 25.3 Å². The molecule has 0 unspecified atom stereocenters. The number of rotatable bonds is 9. The predicted molar refractivity (Wildman–Crippen MR) is 130 cm³/mol. The highest BCUT2D eigenvalue weighted by Crippen LogP contribution is 2.26. The maximum atomic E-state index is 13.3. The second-order valence-corrected chi connectivity index (χ2v) is 8.66. The fourth-order valence-electron chi connectivity index (χ4n) is 4.19. The Hall–Kier alpha value is -3.42. The van der Waals surface area contributed by atoms with Crippen LogP contribution in [0.5, 0.6) is 0 Å². The molecule has 2 heterocycles. The van der Waals surface area contributed by atoms with Gasteiger partial charge in [-0.05, 0) is 57.4 Å². The van der Waals surface area contributed by atoms with Crippen LogP contribution in [-0.4, -0.2) is 37.8 Å². The van der Waals surface area contributed by atoms with Crippen LogP contribution in [0.1, 0.15) is 68.5 Å². The maximum Gasteiger partial charge on any atom is 0.270 e. The van der Waals surface area contributed by atoms with Crippen LogP contribution in [0.2, 0.25) is 0 Å². The molecule has 0 saturated heterocycles. The molecule has 2 amide bonds. The van der Waals surface area contributed by atoms with Crippen molar-refractivity contribution in [1.29, 1.82) is 0 Å². The van der Waals surface area contributed by atoms with Gasteiger partial charge >= 0.3 is 0 Å². The molecule has 0 aliphatic heterocycles. The Morgan fingerprint density at radius 2 is 1.73 bits per heavy atom. The van der Waals surface area contributed by atoms with Crippen molar-refractivity contribution in [2.24, 2.45) is 5.92 Å². The Balaban J connectivity index is 1.78. The van der Waals surface area contributed by atoms with Crippen LogP contribution in [0.4, 0.5) is 5.69 Å². The van der Waals surface area contributed by atoms with E-state index in [-0.39, 0.29) is 23.8 Å². The van der Waals surface area contributed by atoms with Crippen molar-refractivity contribution < 1.29 is 9.59 Å². The quantitative estimate of drug-likeness (QED) is 0.441. The highest BCUT2D eigenvalue weighted by molar-refractivity contribution is 6.00. The predicted octanol–water partition coefficient (Wildman–Crippen LogP) is 4.64. The molecule has 2 aromatic heterocycles. The van der Waals surface area contributed by atoms with Gasteiger partial charge in [-0.15, -0.1) is 0 Å². The third-order valence-electron chi connectivity index (χ3n) is 6.05. The summed E-state index contributed by atoms with van der Waals surface area (Å²) in [6.07, 6.45) is 3.15. The first-order chi connectivity index (χ1) is 15.8. The Morgan fingerprint density at radius 1 is 1.06 bits per heavy atom. The number of benzene rings is 1. The number of aromatic amines is 1. The zero-order valence-corrected chi connectivity index (χ0v) is 20.3. The highest BCUT2D eigenvalue weighted by Gasteiger charge is 2.29. The molecule has 3 aromatic rings. The molecule has 0 saturated carbocycles. The Bertz CT molecular complexity index is 1070. The molecule has 3 N–H and O–H groups in total. The van der Waals surface area contributed by atoms with E-state index in [0.717, 1.165) is 35.4 Å². The van der Waals surface area contributed by atoms with Gasteiger partial charge in [0.05, 0.1) is 5.69 Å². The first-order valence-corrected chi connectivity index (χ1v) is 11.5. The van der Waals surface area contributed by atoms with Gasteiger partial charge in [-0.25, -0.2) is 0 Å². The number of carbonyl (C=O) groups excluding carboxylic acids is 2. The monoisotopic (exact) mass is 450 g/mol. The van der Waals surface area contributed by atoms with E-state index in [0.29, 0.717) is 11.4 Å². The number of H-pyrrole nitrogens is 1. The van der Waals surface area contributed by atoms with E-state index in [2.05, 4.69) is 25.9 Å². The number of hydrogen-bond acceptors (Lipinski definition) is 4. The summed E-state index contributed by atoms with van der Waals surface area (Å²) < 4.78 is 1.66. The minimum atomic E-state index is -0.652. The largest absolute Gasteiger partial charge is 0.339 e. The lowest BCUT2D eigenvalue weighted by atomic mass is 9.93. The molecule has 0 spiro atoms. The first-order valence-electron chi connectivity index (χ1n) is 11.5. The number of carbonyl (C=O) groups is 2. The molecule has 1 atom stereocenters. The first kappa shape index (κ1) is 24.2. The fourth-order valence-corrected chi connectivity index (χ4v) is 4.19. The molecule has 0 bridgehead atoms. The van der Waals surface area contributed by atoms with Gasteiger partial charge in [0, 0.05) is 29.2 Å². The molecule has 0 fully saturated rings. The number of aryl methyl sites for hydroxylation is 2. The minimum Gasteiger partial charge on any atom is -0.339 e. The van der Waals surface area contributed by atoms with E-state index in [1.54, 1.807) is 16.9 Å². The lowest BCUT2D eigenvalue weighted by Crippen LogP contribution is -2.48. The summed E-state index contributed by atoms with van der Waals surface area (Å²) in [5.41, 5.74) is 5.16. The van der Waals surface area contributed by atoms with Crippen LogP contribution in [-0.2, 0) is 4.79 Å². The topological polar surface area (TPSA) is 105 Å². The lowest BCUT2D eigenvalue weighted by molar-refractivity contribution is -0.119. The third-order valence-corrected chi connectivity index (χ3v) is 6.05. The number of nitrogens with zero attached hydrogens (tertiary/aromatic N) is 3. The van der Waals surface area contributed by atoms with Gasteiger partial charge in [0.2, 0.25) is 5.91 Å². The van der Waals surface area contributed by atoms with E-state index >= 15 is 0 Å². The number of hydrogen-bond donors (Lipinski definition) is 3. The van der Waals surface area contributed by atoms with Crippen LogP contribution in [0.3, 0.4) is 0 Å². The van der Waals surface area contributed by atoms with E-state index in [1.807, 2.05) is 65.8 Å². The average molecular weight is 451 g/mol.